The largest absolute Gasteiger partial charge is 0.544 e. The zero-order valence-corrected chi connectivity index (χ0v) is 13.1. The summed E-state index contributed by atoms with van der Waals surface area (Å²) in [7, 11) is -3.13. The summed E-state index contributed by atoms with van der Waals surface area (Å²) in [5, 5.41) is 11.5. The molecule has 2 heterocycles. The van der Waals surface area contributed by atoms with Crippen molar-refractivity contribution in [1.29, 1.82) is 0 Å². The van der Waals surface area contributed by atoms with Crippen molar-refractivity contribution in [2.24, 2.45) is 0 Å². The van der Waals surface area contributed by atoms with Crippen molar-refractivity contribution in [2.45, 2.75) is 5.75 Å². The summed E-state index contributed by atoms with van der Waals surface area (Å²) >= 11 is 1.08. The minimum absolute atomic E-state index is 0.0527. The SMILES string of the molecule is CS(=O)(=O)Cc1ccc2ncn(-c3ccc(C(=O)[O-])s3)c2c1. The summed E-state index contributed by atoms with van der Waals surface area (Å²) in [5.74, 6) is -1.28. The third-order valence-corrected chi connectivity index (χ3v) is 4.99. The number of carboxylic acid groups (broad SMARTS) is 1. The number of carboxylic acids is 1. The normalized spacial score (nSPS) is 11.9. The lowest BCUT2D eigenvalue weighted by Crippen LogP contribution is -2.20. The van der Waals surface area contributed by atoms with E-state index in [9.17, 15) is 18.3 Å². The van der Waals surface area contributed by atoms with Crippen molar-refractivity contribution in [3.8, 4) is 5.00 Å². The van der Waals surface area contributed by atoms with Crippen LogP contribution in [0.2, 0.25) is 0 Å². The monoisotopic (exact) mass is 335 g/mol. The standard InChI is InChI=1S/C14H12N2O4S2/c1-22(19,20)7-9-2-3-10-11(6-9)16(8-15-10)13-5-4-12(21-13)14(17)18/h2-6,8H,7H2,1H3,(H,17,18)/p-1. The summed E-state index contributed by atoms with van der Waals surface area (Å²) in [6.07, 6.45) is 2.76. The van der Waals surface area contributed by atoms with E-state index in [1.54, 1.807) is 35.2 Å². The molecule has 0 bridgehead atoms. The lowest BCUT2D eigenvalue weighted by molar-refractivity contribution is -0.254. The Kier molecular flexibility index (Phi) is 3.50. The number of aromatic nitrogens is 2. The van der Waals surface area contributed by atoms with Gasteiger partial charge in [-0.25, -0.2) is 13.4 Å². The molecule has 0 atom stereocenters. The maximum absolute atomic E-state index is 11.4. The molecule has 114 valence electrons. The van der Waals surface area contributed by atoms with Crippen molar-refractivity contribution < 1.29 is 18.3 Å². The maximum atomic E-state index is 11.4. The van der Waals surface area contributed by atoms with Crippen molar-refractivity contribution in [2.75, 3.05) is 6.26 Å². The van der Waals surface area contributed by atoms with E-state index in [-0.39, 0.29) is 10.6 Å². The molecule has 3 rings (SSSR count). The van der Waals surface area contributed by atoms with Crippen molar-refractivity contribution in [1.82, 2.24) is 9.55 Å². The number of thiophene rings is 1. The van der Waals surface area contributed by atoms with Gasteiger partial charge in [0.2, 0.25) is 0 Å². The van der Waals surface area contributed by atoms with Crippen molar-refractivity contribution in [3.05, 3.63) is 47.1 Å². The molecule has 0 aliphatic heterocycles. The van der Waals surface area contributed by atoms with Crippen LogP contribution in [0.15, 0.2) is 36.7 Å². The van der Waals surface area contributed by atoms with Gasteiger partial charge < -0.3 is 9.90 Å². The predicted molar refractivity (Wildman–Crippen MR) is 81.8 cm³/mol. The fourth-order valence-electron chi connectivity index (χ4n) is 2.19. The number of carbonyl (C=O) groups excluding carboxylic acids is 1. The lowest BCUT2D eigenvalue weighted by Gasteiger charge is -2.03. The van der Waals surface area contributed by atoms with Gasteiger partial charge >= 0.3 is 0 Å². The van der Waals surface area contributed by atoms with Crippen molar-refractivity contribution in [3.63, 3.8) is 0 Å². The first-order valence-electron chi connectivity index (χ1n) is 6.29. The van der Waals surface area contributed by atoms with E-state index in [0.29, 0.717) is 16.1 Å². The van der Waals surface area contributed by atoms with Gasteiger partial charge in [-0.05, 0) is 29.8 Å². The number of nitrogens with zero attached hydrogens (tertiary/aromatic N) is 2. The molecule has 0 N–H and O–H groups in total. The molecule has 0 aliphatic carbocycles. The third-order valence-electron chi connectivity index (χ3n) is 3.07. The highest BCUT2D eigenvalue weighted by Crippen LogP contribution is 2.25. The van der Waals surface area contributed by atoms with Gasteiger partial charge in [0, 0.05) is 6.26 Å². The van der Waals surface area contributed by atoms with Gasteiger partial charge in [-0.1, -0.05) is 6.07 Å². The van der Waals surface area contributed by atoms with E-state index in [0.717, 1.165) is 16.9 Å². The van der Waals surface area contributed by atoms with Gasteiger partial charge in [-0.2, -0.15) is 0 Å². The summed E-state index contributed by atoms with van der Waals surface area (Å²) in [5.41, 5.74) is 2.10. The number of imidazole rings is 1. The molecule has 1 aromatic carbocycles. The Bertz CT molecular complexity index is 970. The molecule has 0 radical (unpaired) electrons. The Morgan fingerprint density at radius 1 is 1.32 bits per heavy atom. The van der Waals surface area contributed by atoms with E-state index in [4.69, 9.17) is 0 Å². The van der Waals surface area contributed by atoms with Gasteiger partial charge in [0.1, 0.15) is 11.3 Å². The average Bonchev–Trinajstić information content (AvgIpc) is 3.01. The number of rotatable bonds is 4. The molecule has 0 amide bonds. The Morgan fingerprint density at radius 3 is 2.73 bits per heavy atom. The first kappa shape index (κ1) is 14.7. The summed E-state index contributed by atoms with van der Waals surface area (Å²) < 4.78 is 24.6. The molecule has 0 unspecified atom stereocenters. The Balaban J connectivity index is 2.09. The molecule has 6 nitrogen and oxygen atoms in total. The van der Waals surface area contributed by atoms with Gasteiger partial charge in [0.25, 0.3) is 0 Å². The van der Waals surface area contributed by atoms with Crippen LogP contribution < -0.4 is 5.11 Å². The molecule has 0 saturated heterocycles. The molecule has 0 spiro atoms. The quantitative estimate of drug-likeness (QED) is 0.709. The lowest BCUT2D eigenvalue weighted by atomic mass is 10.2. The first-order chi connectivity index (χ1) is 10.3. The van der Waals surface area contributed by atoms with Gasteiger partial charge in [0.05, 0.1) is 27.6 Å². The smallest absolute Gasteiger partial charge is 0.151 e. The number of hydrogen-bond donors (Lipinski definition) is 0. The highest BCUT2D eigenvalue weighted by molar-refractivity contribution is 7.89. The number of hydrogen-bond acceptors (Lipinski definition) is 6. The Morgan fingerprint density at radius 2 is 2.09 bits per heavy atom. The average molecular weight is 335 g/mol. The Hall–Kier alpha value is -2.19. The highest BCUT2D eigenvalue weighted by Gasteiger charge is 2.11. The van der Waals surface area contributed by atoms with E-state index in [1.165, 1.54) is 12.3 Å². The zero-order valence-electron chi connectivity index (χ0n) is 11.5. The highest BCUT2D eigenvalue weighted by atomic mass is 32.2. The van der Waals surface area contributed by atoms with Crippen LogP contribution in [0.25, 0.3) is 16.0 Å². The molecule has 0 aliphatic rings. The summed E-state index contributed by atoms with van der Waals surface area (Å²) in [4.78, 5) is 15.2. The van der Waals surface area contributed by atoms with Gasteiger partial charge in [0.15, 0.2) is 9.84 Å². The topological polar surface area (TPSA) is 92.1 Å². The van der Waals surface area contributed by atoms with E-state index < -0.39 is 15.8 Å². The first-order valence-corrected chi connectivity index (χ1v) is 9.16. The van der Waals surface area contributed by atoms with Crippen LogP contribution in [0.5, 0.6) is 0 Å². The number of carbonyl (C=O) groups is 1. The molecule has 8 heteroatoms. The number of aromatic carboxylic acids is 1. The molecular weight excluding hydrogens is 324 g/mol. The molecule has 0 fully saturated rings. The van der Waals surface area contributed by atoms with Crippen molar-refractivity contribution >= 4 is 38.2 Å². The fraction of sp³-hybridized carbons (Fsp3) is 0.143. The van der Waals surface area contributed by atoms with Crippen LogP contribution >= 0.6 is 11.3 Å². The Labute approximate surface area is 130 Å². The van der Waals surface area contributed by atoms with E-state index in [2.05, 4.69) is 4.98 Å². The maximum Gasteiger partial charge on any atom is 0.151 e. The molecule has 3 aromatic rings. The van der Waals surface area contributed by atoms with Gasteiger partial charge in [-0.3, -0.25) is 4.57 Å². The molecule has 0 saturated carbocycles. The predicted octanol–water partition coefficient (Wildman–Crippen LogP) is 0.995. The fourth-order valence-corrected chi connectivity index (χ4v) is 3.80. The van der Waals surface area contributed by atoms with E-state index in [1.807, 2.05) is 0 Å². The summed E-state index contributed by atoms with van der Waals surface area (Å²) in [6, 6.07) is 8.37. The summed E-state index contributed by atoms with van der Waals surface area (Å²) in [6.45, 7) is 0. The second kappa shape index (κ2) is 5.22. The van der Waals surface area contributed by atoms with Crippen LogP contribution in [0.4, 0.5) is 0 Å². The van der Waals surface area contributed by atoms with Gasteiger partial charge in [-0.15, -0.1) is 11.3 Å². The van der Waals surface area contributed by atoms with Crippen LogP contribution in [-0.4, -0.2) is 30.2 Å². The third kappa shape index (κ3) is 2.88. The van der Waals surface area contributed by atoms with Crippen LogP contribution in [0, 0.1) is 0 Å². The zero-order chi connectivity index (χ0) is 15.9. The number of benzene rings is 1. The second-order valence-corrected chi connectivity index (χ2v) is 8.14. The van der Waals surface area contributed by atoms with Crippen LogP contribution in [0.1, 0.15) is 15.2 Å². The molecular formula is C14H11N2O4S2-. The minimum Gasteiger partial charge on any atom is -0.544 e. The van der Waals surface area contributed by atoms with Crippen LogP contribution in [-0.2, 0) is 15.6 Å². The molecule has 22 heavy (non-hydrogen) atoms. The molecule has 2 aromatic heterocycles. The number of fused-ring (bicyclic) bond motifs is 1. The second-order valence-electron chi connectivity index (χ2n) is 4.93. The van der Waals surface area contributed by atoms with E-state index >= 15 is 0 Å². The minimum atomic E-state index is -3.13. The number of sulfone groups is 1. The van der Waals surface area contributed by atoms with Crippen LogP contribution in [0.3, 0.4) is 0 Å².